The van der Waals surface area contributed by atoms with Crippen molar-refractivity contribution in [3.63, 3.8) is 0 Å². The third-order valence-electron chi connectivity index (χ3n) is 4.99. The normalized spacial score (nSPS) is 23.9. The number of alkyl carbamates (subject to hydrolysis) is 1. The van der Waals surface area contributed by atoms with Crippen LogP contribution >= 0.6 is 0 Å². The number of methoxy groups -OCH3 is 1. The van der Waals surface area contributed by atoms with Crippen molar-refractivity contribution in [3.05, 3.63) is 29.8 Å². The number of amides is 2. The zero-order valence-corrected chi connectivity index (χ0v) is 16.9. The van der Waals surface area contributed by atoms with E-state index in [0.717, 1.165) is 11.3 Å². The summed E-state index contributed by atoms with van der Waals surface area (Å²) in [7, 11) is 1.60. The number of carbonyl (C=O) groups excluding carboxylic acids is 2. The molecule has 1 aromatic carbocycles. The summed E-state index contributed by atoms with van der Waals surface area (Å²) in [5.74, 6) is 0.0670. The lowest BCUT2D eigenvalue weighted by molar-refractivity contribution is -0.135. The number of rotatable bonds is 5. The average Bonchev–Trinajstić information content (AvgIpc) is 2.83. The minimum Gasteiger partial charge on any atom is -0.497 e. The summed E-state index contributed by atoms with van der Waals surface area (Å²) >= 11 is 0. The molecule has 2 amide bonds. The van der Waals surface area contributed by atoms with Crippen LogP contribution in [0.5, 0.6) is 5.75 Å². The van der Waals surface area contributed by atoms with Gasteiger partial charge in [0.1, 0.15) is 16.9 Å². The van der Waals surface area contributed by atoms with E-state index in [0.29, 0.717) is 6.54 Å². The number of aliphatic hydroxyl groups excluding tert-OH is 1. The van der Waals surface area contributed by atoms with Crippen molar-refractivity contribution >= 4 is 12.0 Å². The van der Waals surface area contributed by atoms with Gasteiger partial charge >= 0.3 is 6.09 Å². The van der Waals surface area contributed by atoms with E-state index in [2.05, 4.69) is 5.32 Å². The Kier molecular flexibility index (Phi) is 6.04. The molecule has 1 aliphatic rings. The monoisotopic (exact) mass is 378 g/mol. The van der Waals surface area contributed by atoms with Crippen LogP contribution in [0.4, 0.5) is 4.79 Å². The van der Waals surface area contributed by atoms with Gasteiger partial charge in [-0.05, 0) is 52.3 Å². The van der Waals surface area contributed by atoms with Crippen molar-refractivity contribution in [3.8, 4) is 5.75 Å². The largest absolute Gasteiger partial charge is 0.497 e. The molecule has 0 unspecified atom stereocenters. The average molecular weight is 378 g/mol. The summed E-state index contributed by atoms with van der Waals surface area (Å²) in [5.41, 5.74) is -0.951. The molecular formula is C20H30N2O5. The molecule has 1 aliphatic heterocycles. The maximum Gasteiger partial charge on any atom is 0.408 e. The Morgan fingerprint density at radius 2 is 1.96 bits per heavy atom. The van der Waals surface area contributed by atoms with Gasteiger partial charge in [0.05, 0.1) is 19.8 Å². The second kappa shape index (κ2) is 7.76. The quantitative estimate of drug-likeness (QED) is 0.822. The van der Waals surface area contributed by atoms with E-state index in [1.807, 2.05) is 31.2 Å². The van der Waals surface area contributed by atoms with Gasteiger partial charge < -0.3 is 24.8 Å². The van der Waals surface area contributed by atoms with E-state index in [4.69, 9.17) is 9.47 Å². The van der Waals surface area contributed by atoms with Crippen molar-refractivity contribution in [2.45, 2.75) is 51.8 Å². The highest BCUT2D eigenvalue weighted by Crippen LogP contribution is 2.35. The third-order valence-corrected chi connectivity index (χ3v) is 4.99. The number of hydrogen-bond donors (Lipinski definition) is 2. The predicted molar refractivity (Wildman–Crippen MR) is 101 cm³/mol. The van der Waals surface area contributed by atoms with E-state index in [1.54, 1.807) is 39.7 Å². The van der Waals surface area contributed by atoms with Crippen LogP contribution < -0.4 is 10.1 Å². The van der Waals surface area contributed by atoms with Crippen LogP contribution in [0.3, 0.4) is 0 Å². The van der Waals surface area contributed by atoms with E-state index >= 15 is 0 Å². The molecule has 2 rings (SSSR count). The Morgan fingerprint density at radius 3 is 2.44 bits per heavy atom. The molecule has 7 heteroatoms. The standard InChI is InChI=1S/C20H30N2O5/c1-13(14-7-9-16(26-6)10-8-14)22-11-15(12-23)20(5,17(22)24)21-18(25)27-19(2,3)4/h7-10,13,15,23H,11-12H2,1-6H3,(H,21,25)/t13-,15-,20+/m0/s1. The number of aliphatic hydroxyl groups is 1. The van der Waals surface area contributed by atoms with Crippen molar-refractivity contribution in [1.82, 2.24) is 10.2 Å². The molecule has 27 heavy (non-hydrogen) atoms. The Morgan fingerprint density at radius 1 is 1.37 bits per heavy atom. The highest BCUT2D eigenvalue weighted by atomic mass is 16.6. The summed E-state index contributed by atoms with van der Waals surface area (Å²) < 4.78 is 10.5. The number of carbonyl (C=O) groups is 2. The maximum absolute atomic E-state index is 13.2. The van der Waals surface area contributed by atoms with E-state index in [-0.39, 0.29) is 18.6 Å². The molecule has 2 N–H and O–H groups in total. The lowest BCUT2D eigenvalue weighted by atomic mass is 9.89. The fraction of sp³-hybridized carbons (Fsp3) is 0.600. The van der Waals surface area contributed by atoms with Gasteiger partial charge in [0.15, 0.2) is 0 Å². The molecule has 0 aliphatic carbocycles. The van der Waals surface area contributed by atoms with Gasteiger partial charge in [-0.2, -0.15) is 0 Å². The summed E-state index contributed by atoms with van der Waals surface area (Å²) in [5, 5.41) is 12.5. The van der Waals surface area contributed by atoms with Crippen LogP contribution in [0.25, 0.3) is 0 Å². The van der Waals surface area contributed by atoms with Gasteiger partial charge in [0.25, 0.3) is 0 Å². The van der Waals surface area contributed by atoms with Crippen LogP contribution in [0.1, 0.15) is 46.2 Å². The molecule has 1 aromatic rings. The maximum atomic E-state index is 13.2. The number of ether oxygens (including phenoxy) is 2. The zero-order chi connectivity index (χ0) is 20.4. The molecule has 1 saturated heterocycles. The summed E-state index contributed by atoms with van der Waals surface area (Å²) in [4.78, 5) is 27.1. The molecule has 1 heterocycles. The summed E-state index contributed by atoms with van der Waals surface area (Å²) in [6.07, 6.45) is -0.671. The first-order valence-corrected chi connectivity index (χ1v) is 9.09. The minimum absolute atomic E-state index is 0.209. The highest BCUT2D eigenvalue weighted by molar-refractivity contribution is 5.92. The first-order chi connectivity index (χ1) is 12.5. The lowest BCUT2D eigenvalue weighted by Gasteiger charge is -2.31. The number of benzene rings is 1. The Balaban J connectivity index is 2.21. The molecule has 1 fully saturated rings. The van der Waals surface area contributed by atoms with Gasteiger partial charge in [0, 0.05) is 12.5 Å². The molecule has 3 atom stereocenters. The second-order valence-electron chi connectivity index (χ2n) is 8.12. The molecule has 0 spiro atoms. The number of hydrogen-bond acceptors (Lipinski definition) is 5. The Labute approximate surface area is 160 Å². The Hall–Kier alpha value is -2.28. The SMILES string of the molecule is COc1ccc([C@H](C)N2C[C@@H](CO)[C@@](C)(NC(=O)OC(C)(C)C)C2=O)cc1. The van der Waals surface area contributed by atoms with E-state index < -0.39 is 23.2 Å². The highest BCUT2D eigenvalue weighted by Gasteiger charge is 2.53. The van der Waals surface area contributed by atoms with Crippen LogP contribution in [0.15, 0.2) is 24.3 Å². The first kappa shape index (κ1) is 21.0. The van der Waals surface area contributed by atoms with Gasteiger partial charge in [-0.15, -0.1) is 0 Å². The van der Waals surface area contributed by atoms with Crippen molar-refractivity contribution in [1.29, 1.82) is 0 Å². The molecule has 150 valence electrons. The number of nitrogens with one attached hydrogen (secondary N) is 1. The van der Waals surface area contributed by atoms with E-state index in [1.165, 1.54) is 0 Å². The van der Waals surface area contributed by atoms with Gasteiger partial charge in [-0.1, -0.05) is 12.1 Å². The molecule has 0 radical (unpaired) electrons. The lowest BCUT2D eigenvalue weighted by Crippen LogP contribution is -2.57. The smallest absolute Gasteiger partial charge is 0.408 e. The Bertz CT molecular complexity index is 683. The van der Waals surface area contributed by atoms with Crippen molar-refractivity contribution in [2.24, 2.45) is 5.92 Å². The fourth-order valence-electron chi connectivity index (χ4n) is 3.28. The van der Waals surface area contributed by atoms with Gasteiger partial charge in [-0.3, -0.25) is 4.79 Å². The van der Waals surface area contributed by atoms with E-state index in [9.17, 15) is 14.7 Å². The second-order valence-corrected chi connectivity index (χ2v) is 8.12. The number of nitrogens with zero attached hydrogens (tertiary/aromatic N) is 1. The van der Waals surface area contributed by atoms with Gasteiger partial charge in [0.2, 0.25) is 5.91 Å². The zero-order valence-electron chi connectivity index (χ0n) is 16.9. The van der Waals surface area contributed by atoms with Crippen LogP contribution in [0, 0.1) is 5.92 Å². The molecule has 0 aromatic heterocycles. The third kappa shape index (κ3) is 4.53. The fourth-order valence-corrected chi connectivity index (χ4v) is 3.28. The summed E-state index contributed by atoms with van der Waals surface area (Å²) in [6.45, 7) is 8.96. The van der Waals surface area contributed by atoms with Crippen molar-refractivity contribution in [2.75, 3.05) is 20.3 Å². The predicted octanol–water partition coefficient (Wildman–Crippen LogP) is 2.49. The van der Waals surface area contributed by atoms with Crippen LogP contribution in [0.2, 0.25) is 0 Å². The molecule has 0 bridgehead atoms. The van der Waals surface area contributed by atoms with Crippen LogP contribution in [-0.4, -0.2) is 53.4 Å². The van der Waals surface area contributed by atoms with Gasteiger partial charge in [-0.25, -0.2) is 4.79 Å². The topological polar surface area (TPSA) is 88.1 Å². The molecule has 7 nitrogen and oxygen atoms in total. The van der Waals surface area contributed by atoms with Crippen molar-refractivity contribution < 1.29 is 24.2 Å². The van der Waals surface area contributed by atoms with Crippen LogP contribution in [-0.2, 0) is 9.53 Å². The minimum atomic E-state index is -1.22. The first-order valence-electron chi connectivity index (χ1n) is 9.09. The molecular weight excluding hydrogens is 348 g/mol. The molecule has 0 saturated carbocycles. The number of likely N-dealkylation sites (tertiary alicyclic amines) is 1. The summed E-state index contributed by atoms with van der Waals surface area (Å²) in [6, 6.07) is 7.28.